The number of benzene rings is 2. The number of phenolic OH excluding ortho intramolecular Hbond substituents is 1. The molecule has 0 bridgehead atoms. The van der Waals surface area contributed by atoms with Crippen LogP contribution in [0.25, 0.3) is 0 Å². The van der Waals surface area contributed by atoms with E-state index in [-0.39, 0.29) is 11.7 Å². The topological polar surface area (TPSA) is 59.4 Å². The smallest absolute Gasteiger partial charge is 0.258 e. The number of carbonyl (C=O) groups is 1. The molecule has 0 aromatic heterocycles. The highest BCUT2D eigenvalue weighted by atomic mass is 16.3. The van der Waals surface area contributed by atoms with Gasteiger partial charge in [0.15, 0.2) is 0 Å². The number of rotatable bonds is 8. The molecule has 6 heteroatoms. The summed E-state index contributed by atoms with van der Waals surface area (Å²) in [4.78, 5) is 24.3. The molecule has 0 atom stereocenters. The zero-order valence-corrected chi connectivity index (χ0v) is 23.8. The summed E-state index contributed by atoms with van der Waals surface area (Å²) in [7, 11) is 3.98. The molecule has 6 nitrogen and oxygen atoms in total. The van der Waals surface area contributed by atoms with Crippen molar-refractivity contribution < 1.29 is 9.90 Å². The molecule has 0 aliphatic carbocycles. The molecular weight excluding hydrogens is 460 g/mol. The second kappa shape index (κ2) is 13.7. The molecule has 0 saturated carbocycles. The number of aliphatic imine (C=N–C) groups is 1. The highest BCUT2D eigenvalue weighted by molar-refractivity contribution is 6.06. The first-order valence-electron chi connectivity index (χ1n) is 13.9. The van der Waals surface area contributed by atoms with Gasteiger partial charge in [-0.3, -0.25) is 14.7 Å². The largest absolute Gasteiger partial charge is 0.507 e. The second-order valence-electron chi connectivity index (χ2n) is 10.6. The lowest BCUT2D eigenvalue weighted by atomic mass is 9.98. The van der Waals surface area contributed by atoms with Gasteiger partial charge in [-0.1, -0.05) is 37.6 Å². The molecule has 202 valence electrons. The number of amides is 1. The summed E-state index contributed by atoms with van der Waals surface area (Å²) in [6.45, 7) is 15.1. The van der Waals surface area contributed by atoms with E-state index >= 15 is 0 Å². The lowest BCUT2D eigenvalue weighted by molar-refractivity contribution is 0.0748. The minimum Gasteiger partial charge on any atom is -0.507 e. The van der Waals surface area contributed by atoms with E-state index in [9.17, 15) is 9.90 Å². The van der Waals surface area contributed by atoms with Gasteiger partial charge in [0.05, 0.1) is 11.3 Å². The molecule has 2 aliphatic rings. The molecule has 0 spiro atoms. The van der Waals surface area contributed by atoms with E-state index in [1.807, 2.05) is 17.9 Å². The maximum atomic E-state index is 13.3. The zero-order valence-electron chi connectivity index (χ0n) is 23.8. The van der Waals surface area contributed by atoms with Crippen molar-refractivity contribution in [2.45, 2.75) is 66.5 Å². The van der Waals surface area contributed by atoms with Gasteiger partial charge in [0.2, 0.25) is 0 Å². The molecule has 2 heterocycles. The fraction of sp³-hybridized carbons (Fsp3) is 0.548. The first-order chi connectivity index (χ1) is 17.8. The Balaban J connectivity index is 0.000000414. The summed E-state index contributed by atoms with van der Waals surface area (Å²) in [5, 5.41) is 10.5. The molecule has 0 radical (unpaired) electrons. The van der Waals surface area contributed by atoms with Crippen molar-refractivity contribution in [2.24, 2.45) is 4.99 Å². The van der Waals surface area contributed by atoms with Gasteiger partial charge in [0, 0.05) is 32.2 Å². The second-order valence-corrected chi connectivity index (χ2v) is 10.6. The quantitative estimate of drug-likeness (QED) is 0.486. The van der Waals surface area contributed by atoms with Crippen LogP contribution in [0, 0.1) is 13.8 Å². The van der Waals surface area contributed by atoms with E-state index in [0.717, 1.165) is 36.5 Å². The third-order valence-electron chi connectivity index (χ3n) is 7.31. The summed E-state index contributed by atoms with van der Waals surface area (Å²) >= 11 is 0. The average molecular weight is 507 g/mol. The van der Waals surface area contributed by atoms with Gasteiger partial charge in [-0.2, -0.15) is 0 Å². The van der Waals surface area contributed by atoms with E-state index in [1.54, 1.807) is 13.1 Å². The molecule has 1 amide bonds. The van der Waals surface area contributed by atoms with Crippen LogP contribution >= 0.6 is 0 Å². The van der Waals surface area contributed by atoms with Crippen molar-refractivity contribution in [1.29, 1.82) is 0 Å². The monoisotopic (exact) mass is 506 g/mol. The van der Waals surface area contributed by atoms with Crippen molar-refractivity contribution >= 4 is 11.6 Å². The van der Waals surface area contributed by atoms with Crippen LogP contribution in [0.5, 0.6) is 5.75 Å². The van der Waals surface area contributed by atoms with Gasteiger partial charge in [0.25, 0.3) is 5.91 Å². The Morgan fingerprint density at radius 1 is 0.973 bits per heavy atom. The molecule has 1 fully saturated rings. The maximum Gasteiger partial charge on any atom is 0.258 e. The SMILES string of the molecule is CCCN(C)CCC.CN=C(CN1CCCC1)c1cc(C(=O)N2Cc3ccc(C)cc3C2)c(O)cc1C. The Hall–Kier alpha value is -2.70. The van der Waals surface area contributed by atoms with E-state index in [2.05, 4.69) is 60.8 Å². The number of aromatic hydroxyl groups is 1. The number of carbonyl (C=O) groups excluding carboxylic acids is 1. The molecule has 2 aromatic carbocycles. The van der Waals surface area contributed by atoms with Crippen molar-refractivity contribution in [1.82, 2.24) is 14.7 Å². The van der Waals surface area contributed by atoms with Crippen LogP contribution in [0.4, 0.5) is 0 Å². The predicted octanol–water partition coefficient (Wildman–Crippen LogP) is 5.42. The van der Waals surface area contributed by atoms with Gasteiger partial charge in [-0.25, -0.2) is 0 Å². The molecule has 4 rings (SSSR count). The number of hydrogen-bond acceptors (Lipinski definition) is 5. The molecular formula is C31H46N4O2. The van der Waals surface area contributed by atoms with Crippen molar-refractivity contribution in [3.8, 4) is 5.75 Å². The minimum absolute atomic E-state index is 0.0417. The Morgan fingerprint density at radius 3 is 2.24 bits per heavy atom. The predicted molar refractivity (Wildman–Crippen MR) is 154 cm³/mol. The van der Waals surface area contributed by atoms with Crippen LogP contribution in [-0.2, 0) is 13.1 Å². The van der Waals surface area contributed by atoms with Gasteiger partial charge in [-0.15, -0.1) is 0 Å². The third-order valence-corrected chi connectivity index (χ3v) is 7.31. The molecule has 0 unspecified atom stereocenters. The minimum atomic E-state index is -0.130. The van der Waals surface area contributed by atoms with Crippen LogP contribution in [-0.4, -0.2) is 78.2 Å². The van der Waals surface area contributed by atoms with Crippen LogP contribution in [0.3, 0.4) is 0 Å². The van der Waals surface area contributed by atoms with Gasteiger partial charge in [0.1, 0.15) is 5.75 Å². The lowest BCUT2D eigenvalue weighted by Crippen LogP contribution is -2.29. The van der Waals surface area contributed by atoms with Gasteiger partial charge < -0.3 is 14.9 Å². The van der Waals surface area contributed by atoms with E-state index in [1.165, 1.54) is 55.5 Å². The van der Waals surface area contributed by atoms with Crippen LogP contribution in [0.1, 0.15) is 77.7 Å². The summed E-state index contributed by atoms with van der Waals surface area (Å²) in [6.07, 6.45) is 5.00. The van der Waals surface area contributed by atoms with Crippen LogP contribution < -0.4 is 0 Å². The Labute approximate surface area is 224 Å². The number of aryl methyl sites for hydroxylation is 2. The maximum absolute atomic E-state index is 13.3. The molecule has 2 aromatic rings. The number of fused-ring (bicyclic) bond motifs is 1. The number of nitrogens with zero attached hydrogens (tertiary/aromatic N) is 4. The fourth-order valence-corrected chi connectivity index (χ4v) is 5.32. The summed E-state index contributed by atoms with van der Waals surface area (Å²) < 4.78 is 0. The molecule has 2 aliphatic heterocycles. The number of likely N-dealkylation sites (tertiary alicyclic amines) is 1. The fourth-order valence-electron chi connectivity index (χ4n) is 5.32. The average Bonchev–Trinajstić information content (AvgIpc) is 3.53. The van der Waals surface area contributed by atoms with Crippen LogP contribution in [0.15, 0.2) is 35.3 Å². The van der Waals surface area contributed by atoms with E-state index < -0.39 is 0 Å². The zero-order chi connectivity index (χ0) is 26.9. The highest BCUT2D eigenvalue weighted by Crippen LogP contribution is 2.30. The van der Waals surface area contributed by atoms with Gasteiger partial charge >= 0.3 is 0 Å². The van der Waals surface area contributed by atoms with E-state index in [0.29, 0.717) is 18.7 Å². The summed E-state index contributed by atoms with van der Waals surface area (Å²) in [5.74, 6) is -0.0887. The number of hydrogen-bond donors (Lipinski definition) is 1. The third kappa shape index (κ3) is 7.65. The first-order valence-corrected chi connectivity index (χ1v) is 13.9. The van der Waals surface area contributed by atoms with Crippen molar-refractivity contribution in [3.63, 3.8) is 0 Å². The summed E-state index contributed by atoms with van der Waals surface area (Å²) in [6, 6.07) is 9.85. The first kappa shape index (κ1) is 28.9. The summed E-state index contributed by atoms with van der Waals surface area (Å²) in [5.41, 5.74) is 6.80. The molecule has 1 saturated heterocycles. The Morgan fingerprint density at radius 2 is 1.62 bits per heavy atom. The van der Waals surface area contributed by atoms with Crippen LogP contribution in [0.2, 0.25) is 0 Å². The van der Waals surface area contributed by atoms with E-state index in [4.69, 9.17) is 0 Å². The van der Waals surface area contributed by atoms with Crippen molar-refractivity contribution in [2.75, 3.05) is 46.8 Å². The Bertz CT molecular complexity index is 1080. The normalized spacial score (nSPS) is 15.6. The molecule has 1 N–H and O–H groups in total. The van der Waals surface area contributed by atoms with Gasteiger partial charge in [-0.05, 0) is 102 Å². The standard InChI is InChI=1S/C24H29N3O2.C7H17N/c1-16-6-7-18-13-27(14-19(18)10-16)24(29)21-12-20(17(2)11-23(21)28)22(25-3)15-26-8-4-5-9-26;1-4-6-8(3)7-5-2/h6-7,10-12,28H,4-5,8-9,13-15H2,1-3H3;4-7H2,1-3H3. The lowest BCUT2D eigenvalue weighted by Gasteiger charge is -2.20. The number of phenols is 1. The molecule has 37 heavy (non-hydrogen) atoms. The van der Waals surface area contributed by atoms with Crippen molar-refractivity contribution in [3.05, 3.63) is 63.7 Å². The Kier molecular flexibility index (Phi) is 10.7. The highest BCUT2D eigenvalue weighted by Gasteiger charge is 2.27.